The van der Waals surface area contributed by atoms with Crippen molar-refractivity contribution in [2.45, 2.75) is 52.1 Å². The summed E-state index contributed by atoms with van der Waals surface area (Å²) in [5.74, 6) is 1.63. The van der Waals surface area contributed by atoms with Crippen molar-refractivity contribution in [3.8, 4) is 0 Å². The number of piperidine rings is 1. The van der Waals surface area contributed by atoms with Crippen LogP contribution in [0.2, 0.25) is 0 Å². The average molecular weight is 482 g/mol. The molecule has 2 N–H and O–H groups in total. The topological polar surface area (TPSA) is 58.1 Å². The predicted molar refractivity (Wildman–Crippen MR) is 119 cm³/mol. The first-order valence-corrected chi connectivity index (χ1v) is 10.3. The summed E-state index contributed by atoms with van der Waals surface area (Å²) >= 11 is 0. The molecule has 7 heteroatoms. The van der Waals surface area contributed by atoms with E-state index in [4.69, 9.17) is 14.5 Å². The summed E-state index contributed by atoms with van der Waals surface area (Å²) in [7, 11) is 0. The molecule has 154 valence electrons. The van der Waals surface area contributed by atoms with Gasteiger partial charge < -0.3 is 25.0 Å². The summed E-state index contributed by atoms with van der Waals surface area (Å²) in [5.41, 5.74) is 0. The number of hydrogen-bond acceptors (Lipinski definition) is 4. The molecule has 2 saturated heterocycles. The molecule has 2 heterocycles. The Morgan fingerprint density at radius 2 is 2.12 bits per heavy atom. The molecule has 2 atom stereocenters. The highest BCUT2D eigenvalue weighted by Crippen LogP contribution is 2.16. The number of nitrogens with one attached hydrogen (secondary N) is 2. The number of halogens is 1. The van der Waals surface area contributed by atoms with E-state index in [-0.39, 0.29) is 24.0 Å². The Bertz CT molecular complexity index is 379. The molecular weight excluding hydrogens is 443 g/mol. The third kappa shape index (κ3) is 9.71. The van der Waals surface area contributed by atoms with Crippen LogP contribution in [0.15, 0.2) is 4.99 Å². The summed E-state index contributed by atoms with van der Waals surface area (Å²) in [5, 5.41) is 6.78. The zero-order chi connectivity index (χ0) is 17.7. The van der Waals surface area contributed by atoms with Crippen LogP contribution in [0.5, 0.6) is 0 Å². The summed E-state index contributed by atoms with van der Waals surface area (Å²) in [6.07, 6.45) is 6.24. The van der Waals surface area contributed by atoms with Gasteiger partial charge in [0, 0.05) is 39.4 Å². The van der Waals surface area contributed by atoms with E-state index >= 15 is 0 Å². The lowest BCUT2D eigenvalue weighted by Crippen LogP contribution is -2.40. The smallest absolute Gasteiger partial charge is 0.191 e. The molecule has 2 unspecified atom stereocenters. The van der Waals surface area contributed by atoms with Gasteiger partial charge in [0.15, 0.2) is 5.96 Å². The molecule has 2 aliphatic rings. The van der Waals surface area contributed by atoms with Crippen LogP contribution in [0.3, 0.4) is 0 Å². The van der Waals surface area contributed by atoms with Crippen molar-refractivity contribution in [1.29, 1.82) is 0 Å². The largest absolute Gasteiger partial charge is 0.379 e. The van der Waals surface area contributed by atoms with Gasteiger partial charge >= 0.3 is 0 Å². The Hall–Kier alpha value is -0.120. The number of guanidine groups is 1. The fourth-order valence-electron chi connectivity index (χ4n) is 3.52. The summed E-state index contributed by atoms with van der Waals surface area (Å²) < 4.78 is 11.3. The van der Waals surface area contributed by atoms with Crippen molar-refractivity contribution >= 4 is 29.9 Å². The lowest BCUT2D eigenvalue weighted by Gasteiger charge is -2.31. The van der Waals surface area contributed by atoms with Gasteiger partial charge in [-0.2, -0.15) is 0 Å². The van der Waals surface area contributed by atoms with Gasteiger partial charge in [-0.05, 0) is 58.0 Å². The molecule has 2 aliphatic heterocycles. The van der Waals surface area contributed by atoms with Gasteiger partial charge in [-0.1, -0.05) is 6.92 Å². The molecule has 0 saturated carbocycles. The molecule has 0 aliphatic carbocycles. The summed E-state index contributed by atoms with van der Waals surface area (Å²) in [6.45, 7) is 13.1. The molecule has 0 aromatic heterocycles. The Labute approximate surface area is 176 Å². The third-order valence-corrected chi connectivity index (χ3v) is 4.99. The van der Waals surface area contributed by atoms with E-state index in [0.717, 1.165) is 64.8 Å². The monoisotopic (exact) mass is 482 g/mol. The predicted octanol–water partition coefficient (Wildman–Crippen LogP) is 2.48. The van der Waals surface area contributed by atoms with Crippen LogP contribution in [0.4, 0.5) is 0 Å². The van der Waals surface area contributed by atoms with Crippen molar-refractivity contribution in [3.05, 3.63) is 0 Å². The number of hydrogen-bond donors (Lipinski definition) is 2. The maximum Gasteiger partial charge on any atom is 0.191 e. The second-order valence-corrected chi connectivity index (χ2v) is 7.11. The highest BCUT2D eigenvalue weighted by Gasteiger charge is 2.18. The average Bonchev–Trinajstić information content (AvgIpc) is 3.16. The van der Waals surface area contributed by atoms with Gasteiger partial charge in [0.2, 0.25) is 0 Å². The Morgan fingerprint density at radius 1 is 1.23 bits per heavy atom. The number of nitrogens with zero attached hydrogens (tertiary/aromatic N) is 2. The molecule has 0 bridgehead atoms. The minimum Gasteiger partial charge on any atom is -0.379 e. The first kappa shape index (κ1) is 23.9. The fourth-order valence-corrected chi connectivity index (χ4v) is 3.52. The molecule has 26 heavy (non-hydrogen) atoms. The van der Waals surface area contributed by atoms with Crippen LogP contribution in [0.25, 0.3) is 0 Å². The standard InChI is InChI=1S/C19H38N4O2.HI/c1-3-20-19(22-14-17-8-5-11-23(4-2)15-17)21-10-7-12-24-16-18-9-6-13-25-18;/h17-18H,3-16H2,1-2H3,(H2,20,21,22);1H. The molecule has 0 aromatic rings. The van der Waals surface area contributed by atoms with E-state index < -0.39 is 0 Å². The molecule has 2 rings (SSSR count). The van der Waals surface area contributed by atoms with Crippen molar-refractivity contribution in [2.24, 2.45) is 10.9 Å². The van der Waals surface area contributed by atoms with Crippen molar-refractivity contribution in [1.82, 2.24) is 15.5 Å². The summed E-state index contributed by atoms with van der Waals surface area (Å²) in [6, 6.07) is 0. The van der Waals surface area contributed by atoms with Gasteiger partial charge in [0.05, 0.1) is 12.7 Å². The van der Waals surface area contributed by atoms with E-state index in [9.17, 15) is 0 Å². The van der Waals surface area contributed by atoms with Crippen LogP contribution in [0.1, 0.15) is 46.0 Å². The van der Waals surface area contributed by atoms with E-state index in [1.165, 1.54) is 32.4 Å². The van der Waals surface area contributed by atoms with Gasteiger partial charge in [-0.15, -0.1) is 24.0 Å². The van der Waals surface area contributed by atoms with E-state index in [0.29, 0.717) is 12.0 Å². The van der Waals surface area contributed by atoms with E-state index in [2.05, 4.69) is 29.4 Å². The first-order valence-electron chi connectivity index (χ1n) is 10.3. The number of likely N-dealkylation sites (tertiary alicyclic amines) is 1. The highest BCUT2D eigenvalue weighted by molar-refractivity contribution is 14.0. The molecule has 0 amide bonds. The van der Waals surface area contributed by atoms with Crippen molar-refractivity contribution in [2.75, 3.05) is 59.1 Å². The second-order valence-electron chi connectivity index (χ2n) is 7.11. The van der Waals surface area contributed by atoms with Gasteiger partial charge in [0.1, 0.15) is 0 Å². The van der Waals surface area contributed by atoms with Gasteiger partial charge in [-0.3, -0.25) is 4.99 Å². The number of ether oxygens (including phenoxy) is 2. The zero-order valence-electron chi connectivity index (χ0n) is 16.7. The first-order chi connectivity index (χ1) is 12.3. The van der Waals surface area contributed by atoms with Crippen LogP contribution in [0, 0.1) is 5.92 Å². The van der Waals surface area contributed by atoms with Crippen LogP contribution in [-0.4, -0.2) is 76.1 Å². The minimum absolute atomic E-state index is 0. The Morgan fingerprint density at radius 3 is 2.85 bits per heavy atom. The quantitative estimate of drug-likeness (QED) is 0.217. The van der Waals surface area contributed by atoms with Crippen molar-refractivity contribution < 1.29 is 9.47 Å². The SMILES string of the molecule is CCNC(=NCC1CCCN(CC)C1)NCCCOCC1CCCO1.I. The maximum atomic E-state index is 5.71. The molecule has 6 nitrogen and oxygen atoms in total. The molecule has 0 aromatic carbocycles. The Balaban J connectivity index is 0.00000338. The minimum atomic E-state index is 0. The van der Waals surface area contributed by atoms with Crippen LogP contribution in [-0.2, 0) is 9.47 Å². The summed E-state index contributed by atoms with van der Waals surface area (Å²) in [4.78, 5) is 7.33. The molecule has 0 spiro atoms. The van der Waals surface area contributed by atoms with E-state index in [1.807, 2.05) is 0 Å². The van der Waals surface area contributed by atoms with E-state index in [1.54, 1.807) is 0 Å². The maximum absolute atomic E-state index is 5.71. The van der Waals surface area contributed by atoms with Crippen LogP contribution < -0.4 is 10.6 Å². The number of aliphatic imine (C=N–C) groups is 1. The number of rotatable bonds is 10. The van der Waals surface area contributed by atoms with Crippen LogP contribution >= 0.6 is 24.0 Å². The normalized spacial score (nSPS) is 24.3. The highest BCUT2D eigenvalue weighted by atomic mass is 127. The second kappa shape index (κ2) is 14.9. The molecular formula is C19H39IN4O2. The Kier molecular flexibility index (Phi) is 13.7. The molecule has 2 fully saturated rings. The third-order valence-electron chi connectivity index (χ3n) is 4.99. The van der Waals surface area contributed by atoms with Gasteiger partial charge in [-0.25, -0.2) is 0 Å². The zero-order valence-corrected chi connectivity index (χ0v) is 19.0. The fraction of sp³-hybridized carbons (Fsp3) is 0.947. The van der Waals surface area contributed by atoms with Gasteiger partial charge in [0.25, 0.3) is 0 Å². The van der Waals surface area contributed by atoms with Crippen molar-refractivity contribution in [3.63, 3.8) is 0 Å². The lowest BCUT2D eigenvalue weighted by atomic mass is 9.98. The molecule has 0 radical (unpaired) electrons. The lowest BCUT2D eigenvalue weighted by molar-refractivity contribution is 0.0168.